The number of imidazole rings is 1. The zero-order valence-corrected chi connectivity index (χ0v) is 12.0. The van der Waals surface area contributed by atoms with Crippen LogP contribution in [0.4, 0.5) is 13.2 Å². The van der Waals surface area contributed by atoms with Gasteiger partial charge in [-0.05, 0) is 18.2 Å². The predicted molar refractivity (Wildman–Crippen MR) is 72.3 cm³/mol. The normalized spacial score (nSPS) is 11.4. The van der Waals surface area contributed by atoms with E-state index in [0.717, 1.165) is 6.20 Å². The summed E-state index contributed by atoms with van der Waals surface area (Å²) in [7, 11) is 1.35. The van der Waals surface area contributed by atoms with E-state index in [0.29, 0.717) is 10.5 Å². The highest BCUT2D eigenvalue weighted by Crippen LogP contribution is 2.35. The maximum absolute atomic E-state index is 14.0. The molecule has 0 saturated carbocycles. The van der Waals surface area contributed by atoms with Gasteiger partial charge in [-0.2, -0.15) is 8.78 Å². The van der Waals surface area contributed by atoms with Crippen molar-refractivity contribution >= 4 is 15.9 Å². The number of nitrogens with one attached hydrogen (secondary N) is 1. The van der Waals surface area contributed by atoms with Crippen LogP contribution < -0.4 is 4.74 Å². The van der Waals surface area contributed by atoms with E-state index < -0.39 is 17.4 Å². The van der Waals surface area contributed by atoms with E-state index in [-0.39, 0.29) is 17.1 Å². The molecule has 2 aromatic rings. The average Bonchev–Trinajstić information content (AvgIpc) is 2.87. The molecule has 20 heavy (non-hydrogen) atoms. The smallest absolute Gasteiger partial charge is 0.307 e. The van der Waals surface area contributed by atoms with Crippen LogP contribution in [0, 0.1) is 5.82 Å². The Hall–Kier alpha value is -1.76. The molecule has 7 heteroatoms. The van der Waals surface area contributed by atoms with Gasteiger partial charge in [0.25, 0.3) is 0 Å². The molecule has 0 bridgehead atoms. The van der Waals surface area contributed by atoms with Crippen LogP contribution in [0.2, 0.25) is 0 Å². The van der Waals surface area contributed by atoms with Crippen molar-refractivity contribution in [3.05, 3.63) is 47.0 Å². The van der Waals surface area contributed by atoms with Crippen LogP contribution in [0.3, 0.4) is 0 Å². The number of nitrogens with zero attached hydrogens (tertiary/aromatic N) is 1. The first-order valence-corrected chi connectivity index (χ1v) is 6.28. The maximum atomic E-state index is 14.0. The average molecular weight is 347 g/mol. The third-order valence-corrected chi connectivity index (χ3v) is 3.12. The Balaban J connectivity index is 2.56. The lowest BCUT2D eigenvalue weighted by molar-refractivity contribution is 0.0481. The Labute approximate surface area is 121 Å². The second-order valence-electron chi connectivity index (χ2n) is 3.94. The summed E-state index contributed by atoms with van der Waals surface area (Å²) < 4.78 is 46.4. The molecule has 0 unspecified atom stereocenters. The zero-order valence-electron chi connectivity index (χ0n) is 10.4. The largest absolute Gasteiger partial charge is 0.496 e. The number of allylic oxidation sites excluding steroid dienone is 1. The minimum Gasteiger partial charge on any atom is -0.496 e. The van der Waals surface area contributed by atoms with Crippen molar-refractivity contribution in [1.82, 2.24) is 9.97 Å². The van der Waals surface area contributed by atoms with Crippen molar-refractivity contribution in [3.8, 4) is 17.1 Å². The second kappa shape index (κ2) is 5.32. The molecule has 3 nitrogen and oxygen atoms in total. The third kappa shape index (κ3) is 2.58. The first kappa shape index (κ1) is 14.6. The van der Waals surface area contributed by atoms with Gasteiger partial charge in [0.15, 0.2) is 0 Å². The number of aromatic nitrogens is 2. The first-order chi connectivity index (χ1) is 9.39. The summed E-state index contributed by atoms with van der Waals surface area (Å²) in [6, 6.07) is 2.72. The van der Waals surface area contributed by atoms with Crippen LogP contribution in [0.5, 0.6) is 5.75 Å². The van der Waals surface area contributed by atoms with E-state index in [2.05, 4.69) is 32.5 Å². The van der Waals surface area contributed by atoms with E-state index >= 15 is 0 Å². The van der Waals surface area contributed by atoms with Gasteiger partial charge in [0.2, 0.25) is 0 Å². The SMILES string of the molecule is C=CC(F)(F)c1cnc(-c2c(F)cc(Br)cc2OC)[nH]1. The van der Waals surface area contributed by atoms with Gasteiger partial charge >= 0.3 is 5.92 Å². The second-order valence-corrected chi connectivity index (χ2v) is 4.85. The number of aromatic amines is 1. The molecule has 1 N–H and O–H groups in total. The van der Waals surface area contributed by atoms with Crippen molar-refractivity contribution in [2.24, 2.45) is 0 Å². The van der Waals surface area contributed by atoms with E-state index in [1.165, 1.54) is 19.2 Å². The number of rotatable bonds is 4. The monoisotopic (exact) mass is 346 g/mol. The lowest BCUT2D eigenvalue weighted by atomic mass is 10.1. The van der Waals surface area contributed by atoms with E-state index in [1.54, 1.807) is 0 Å². The Morgan fingerprint density at radius 2 is 2.15 bits per heavy atom. The third-order valence-electron chi connectivity index (χ3n) is 2.67. The molecule has 0 aliphatic rings. The molecule has 0 atom stereocenters. The van der Waals surface area contributed by atoms with E-state index in [4.69, 9.17) is 4.74 Å². The summed E-state index contributed by atoms with van der Waals surface area (Å²) in [6.45, 7) is 3.05. The number of halogens is 4. The lowest BCUT2D eigenvalue weighted by Gasteiger charge is -2.09. The van der Waals surface area contributed by atoms with E-state index in [9.17, 15) is 13.2 Å². The van der Waals surface area contributed by atoms with Crippen LogP contribution >= 0.6 is 15.9 Å². The van der Waals surface area contributed by atoms with Gasteiger partial charge < -0.3 is 9.72 Å². The lowest BCUT2D eigenvalue weighted by Crippen LogP contribution is -2.09. The van der Waals surface area contributed by atoms with Gasteiger partial charge in [0.05, 0.1) is 18.9 Å². The Morgan fingerprint density at radius 1 is 1.45 bits per heavy atom. The molecule has 0 aliphatic heterocycles. The van der Waals surface area contributed by atoms with Gasteiger partial charge in [0.1, 0.15) is 23.1 Å². The molecule has 1 aromatic heterocycles. The summed E-state index contributed by atoms with van der Waals surface area (Å²) in [4.78, 5) is 6.17. The van der Waals surface area contributed by atoms with Crippen molar-refractivity contribution in [1.29, 1.82) is 0 Å². The molecule has 0 saturated heterocycles. The van der Waals surface area contributed by atoms with E-state index in [1.807, 2.05) is 0 Å². The molecule has 0 spiro atoms. The van der Waals surface area contributed by atoms with Crippen LogP contribution in [-0.2, 0) is 5.92 Å². The molecule has 1 aromatic carbocycles. The topological polar surface area (TPSA) is 37.9 Å². The summed E-state index contributed by atoms with van der Waals surface area (Å²) in [5.74, 6) is -3.76. The van der Waals surface area contributed by atoms with Crippen molar-refractivity contribution in [3.63, 3.8) is 0 Å². The molecule has 1 heterocycles. The number of ether oxygens (including phenoxy) is 1. The fourth-order valence-electron chi connectivity index (χ4n) is 1.67. The van der Waals surface area contributed by atoms with Crippen LogP contribution in [-0.4, -0.2) is 17.1 Å². The summed E-state index contributed by atoms with van der Waals surface area (Å²) in [5.41, 5.74) is -0.478. The number of alkyl halides is 2. The molecule has 0 amide bonds. The van der Waals surface area contributed by atoms with Crippen molar-refractivity contribution < 1.29 is 17.9 Å². The molecular formula is C13H10BrF3N2O. The minimum absolute atomic E-state index is 0.0122. The zero-order chi connectivity index (χ0) is 14.9. The number of H-pyrrole nitrogens is 1. The summed E-state index contributed by atoms with van der Waals surface area (Å²) in [5, 5.41) is 0. The fourth-order valence-corrected chi connectivity index (χ4v) is 2.08. The molecule has 0 aliphatic carbocycles. The predicted octanol–water partition coefficient (Wildman–Crippen LogP) is 4.26. The highest BCUT2D eigenvalue weighted by molar-refractivity contribution is 9.10. The first-order valence-electron chi connectivity index (χ1n) is 5.49. The number of benzene rings is 1. The van der Waals surface area contributed by atoms with Crippen LogP contribution in [0.25, 0.3) is 11.4 Å². The number of hydrogen-bond donors (Lipinski definition) is 1. The Morgan fingerprint density at radius 3 is 2.75 bits per heavy atom. The Bertz CT molecular complexity index is 655. The van der Waals surface area contributed by atoms with Crippen LogP contribution in [0.1, 0.15) is 5.69 Å². The Kier molecular flexibility index (Phi) is 3.89. The molecule has 106 valence electrons. The molecule has 0 fully saturated rings. The van der Waals surface area contributed by atoms with Gasteiger partial charge in [0, 0.05) is 4.47 Å². The highest BCUT2D eigenvalue weighted by atomic mass is 79.9. The van der Waals surface area contributed by atoms with Crippen molar-refractivity contribution in [2.45, 2.75) is 5.92 Å². The minimum atomic E-state index is -3.26. The van der Waals surface area contributed by atoms with Gasteiger partial charge in [-0.1, -0.05) is 22.5 Å². The highest BCUT2D eigenvalue weighted by Gasteiger charge is 2.30. The molecule has 0 radical (unpaired) electrons. The maximum Gasteiger partial charge on any atom is 0.307 e. The molecule has 2 rings (SSSR count). The summed E-state index contributed by atoms with van der Waals surface area (Å²) >= 11 is 3.12. The summed E-state index contributed by atoms with van der Waals surface area (Å²) in [6.07, 6.45) is 1.43. The van der Waals surface area contributed by atoms with Gasteiger partial charge in [-0.25, -0.2) is 9.37 Å². The number of hydrogen-bond acceptors (Lipinski definition) is 2. The standard InChI is InChI=1S/C13H10BrF3N2O/c1-3-13(16,17)10-6-18-12(19-10)11-8(15)4-7(14)5-9(11)20-2/h3-6H,1H2,2H3,(H,18,19). The fraction of sp³-hybridized carbons (Fsp3) is 0.154. The van der Waals surface area contributed by atoms with Gasteiger partial charge in [-0.15, -0.1) is 0 Å². The van der Waals surface area contributed by atoms with Crippen LogP contribution in [0.15, 0.2) is 35.5 Å². The van der Waals surface area contributed by atoms with Gasteiger partial charge in [-0.3, -0.25) is 0 Å². The van der Waals surface area contributed by atoms with Crippen molar-refractivity contribution in [2.75, 3.05) is 7.11 Å². The quantitative estimate of drug-likeness (QED) is 0.839. The molecular weight excluding hydrogens is 337 g/mol. The number of methoxy groups -OCH3 is 1.